The Morgan fingerprint density at radius 3 is 2.79 bits per heavy atom. The second kappa shape index (κ2) is 5.49. The van der Waals surface area contributed by atoms with E-state index in [1.54, 1.807) is 13.0 Å². The summed E-state index contributed by atoms with van der Waals surface area (Å²) in [6.45, 7) is 6.14. The standard InChI is InChI=1S/C12H19NO4S2/c1-8-7-17-9(2)5-13(8)19(15,16)12-4-11(6-14)18-10(12)3/h4,8-9,14H,5-7H2,1-3H3. The van der Waals surface area contributed by atoms with Crippen LogP contribution in [0, 0.1) is 6.92 Å². The molecule has 1 aromatic rings. The van der Waals surface area contributed by atoms with Crippen molar-refractivity contribution in [3.05, 3.63) is 15.8 Å². The smallest absolute Gasteiger partial charge is 0.244 e. The third-order valence-electron chi connectivity index (χ3n) is 3.22. The van der Waals surface area contributed by atoms with Gasteiger partial charge in [-0.05, 0) is 26.8 Å². The number of aryl methyl sites for hydroxylation is 1. The molecule has 0 amide bonds. The maximum atomic E-state index is 12.7. The molecule has 19 heavy (non-hydrogen) atoms. The summed E-state index contributed by atoms with van der Waals surface area (Å²) in [6, 6.07) is 1.40. The van der Waals surface area contributed by atoms with Crippen LogP contribution in [0.2, 0.25) is 0 Å². The van der Waals surface area contributed by atoms with Gasteiger partial charge in [0.05, 0.1) is 24.2 Å². The zero-order valence-corrected chi connectivity index (χ0v) is 12.9. The van der Waals surface area contributed by atoms with Gasteiger partial charge in [0, 0.05) is 22.3 Å². The number of rotatable bonds is 3. The highest BCUT2D eigenvalue weighted by molar-refractivity contribution is 7.89. The Morgan fingerprint density at radius 1 is 1.53 bits per heavy atom. The van der Waals surface area contributed by atoms with Crippen molar-refractivity contribution in [1.82, 2.24) is 4.31 Å². The maximum absolute atomic E-state index is 12.7. The van der Waals surface area contributed by atoms with Gasteiger partial charge in [0.1, 0.15) is 0 Å². The van der Waals surface area contributed by atoms with Crippen LogP contribution in [0.15, 0.2) is 11.0 Å². The normalized spacial score (nSPS) is 25.7. The molecule has 7 heteroatoms. The Bertz CT molecular complexity index is 552. The average Bonchev–Trinajstić information content (AvgIpc) is 2.74. The van der Waals surface area contributed by atoms with Crippen LogP contribution < -0.4 is 0 Å². The van der Waals surface area contributed by atoms with Gasteiger partial charge in [-0.25, -0.2) is 8.42 Å². The average molecular weight is 305 g/mol. The summed E-state index contributed by atoms with van der Waals surface area (Å²) in [5.74, 6) is 0. The van der Waals surface area contributed by atoms with E-state index in [4.69, 9.17) is 9.84 Å². The molecular formula is C12H19NO4S2. The fourth-order valence-electron chi connectivity index (χ4n) is 2.19. The molecule has 108 valence electrons. The molecule has 5 nitrogen and oxygen atoms in total. The Balaban J connectivity index is 2.37. The minimum atomic E-state index is -3.51. The molecule has 0 radical (unpaired) electrons. The van der Waals surface area contributed by atoms with Crippen molar-refractivity contribution in [2.75, 3.05) is 13.2 Å². The summed E-state index contributed by atoms with van der Waals surface area (Å²) in [5, 5.41) is 9.13. The third-order valence-corrected chi connectivity index (χ3v) is 6.49. The fourth-order valence-corrected chi connectivity index (χ4v) is 5.35. The van der Waals surface area contributed by atoms with Crippen molar-refractivity contribution in [2.45, 2.75) is 44.4 Å². The molecule has 1 aliphatic heterocycles. The van der Waals surface area contributed by atoms with E-state index in [1.165, 1.54) is 15.6 Å². The number of nitrogens with zero attached hydrogens (tertiary/aromatic N) is 1. The molecule has 1 saturated heterocycles. The van der Waals surface area contributed by atoms with Crippen molar-refractivity contribution in [2.24, 2.45) is 0 Å². The van der Waals surface area contributed by atoms with Gasteiger partial charge in [-0.2, -0.15) is 4.31 Å². The van der Waals surface area contributed by atoms with E-state index in [2.05, 4.69) is 0 Å². The van der Waals surface area contributed by atoms with Gasteiger partial charge in [-0.15, -0.1) is 11.3 Å². The number of aliphatic hydroxyl groups excluding tert-OH is 1. The van der Waals surface area contributed by atoms with Crippen LogP contribution in [0.3, 0.4) is 0 Å². The van der Waals surface area contributed by atoms with Crippen molar-refractivity contribution < 1.29 is 18.3 Å². The van der Waals surface area contributed by atoms with Gasteiger partial charge in [-0.3, -0.25) is 0 Å². The summed E-state index contributed by atoms with van der Waals surface area (Å²) in [6.07, 6.45) is -0.0952. The molecule has 0 bridgehead atoms. The van der Waals surface area contributed by atoms with Crippen LogP contribution >= 0.6 is 11.3 Å². The topological polar surface area (TPSA) is 66.8 Å². The number of ether oxygens (including phenoxy) is 1. The number of sulfonamides is 1. The molecule has 0 spiro atoms. The summed E-state index contributed by atoms with van der Waals surface area (Å²) >= 11 is 1.32. The van der Waals surface area contributed by atoms with E-state index in [-0.39, 0.29) is 18.8 Å². The Labute approximate surface area is 117 Å². The van der Waals surface area contributed by atoms with Crippen LogP contribution in [-0.2, 0) is 21.4 Å². The molecule has 1 fully saturated rings. The molecule has 2 rings (SSSR count). The van der Waals surface area contributed by atoms with Crippen LogP contribution in [0.1, 0.15) is 23.6 Å². The Hall–Kier alpha value is -0.470. The van der Waals surface area contributed by atoms with Crippen molar-refractivity contribution in [3.8, 4) is 0 Å². The second-order valence-electron chi connectivity index (χ2n) is 4.86. The molecular weight excluding hydrogens is 286 g/mol. The molecule has 0 aliphatic carbocycles. The van der Waals surface area contributed by atoms with Gasteiger partial charge in [0.15, 0.2) is 0 Å². The number of thiophene rings is 1. The SMILES string of the molecule is Cc1sc(CO)cc1S(=O)(=O)N1CC(C)OCC1C. The molecule has 1 aromatic heterocycles. The summed E-state index contributed by atoms with van der Waals surface area (Å²) < 4.78 is 32.3. The van der Waals surface area contributed by atoms with Crippen LogP contribution in [-0.4, -0.2) is 43.1 Å². The number of hydrogen-bond donors (Lipinski definition) is 1. The maximum Gasteiger partial charge on any atom is 0.244 e. The van der Waals surface area contributed by atoms with E-state index in [9.17, 15) is 8.42 Å². The molecule has 2 unspecified atom stereocenters. The first-order chi connectivity index (χ1) is 8.86. The van der Waals surface area contributed by atoms with E-state index >= 15 is 0 Å². The molecule has 1 N–H and O–H groups in total. The van der Waals surface area contributed by atoms with Crippen LogP contribution in [0.25, 0.3) is 0 Å². The van der Waals surface area contributed by atoms with Gasteiger partial charge in [0.25, 0.3) is 0 Å². The van der Waals surface area contributed by atoms with Gasteiger partial charge in [-0.1, -0.05) is 0 Å². The first-order valence-corrected chi connectivity index (χ1v) is 8.45. The first kappa shape index (κ1) is 14.9. The third kappa shape index (κ3) is 2.85. The summed E-state index contributed by atoms with van der Waals surface area (Å²) in [5.41, 5.74) is 0. The van der Waals surface area contributed by atoms with Gasteiger partial charge >= 0.3 is 0 Å². The lowest BCUT2D eigenvalue weighted by Gasteiger charge is -2.35. The minimum Gasteiger partial charge on any atom is -0.391 e. The summed E-state index contributed by atoms with van der Waals surface area (Å²) in [4.78, 5) is 1.70. The lowest BCUT2D eigenvalue weighted by atomic mass is 10.2. The number of aliphatic hydroxyl groups is 1. The van der Waals surface area contributed by atoms with E-state index in [0.717, 1.165) is 4.88 Å². The fraction of sp³-hybridized carbons (Fsp3) is 0.667. The van der Waals surface area contributed by atoms with Crippen molar-refractivity contribution in [1.29, 1.82) is 0 Å². The Kier molecular flexibility index (Phi) is 4.32. The quantitative estimate of drug-likeness (QED) is 0.915. The minimum absolute atomic E-state index is 0.0952. The van der Waals surface area contributed by atoms with E-state index in [0.29, 0.717) is 22.9 Å². The molecule has 2 atom stereocenters. The second-order valence-corrected chi connectivity index (χ2v) is 8.06. The zero-order chi connectivity index (χ0) is 14.2. The molecule has 0 aromatic carbocycles. The zero-order valence-electron chi connectivity index (χ0n) is 11.3. The molecule has 1 aliphatic rings. The predicted octanol–water partition coefficient (Wildman–Crippen LogP) is 1.35. The molecule has 0 saturated carbocycles. The lowest BCUT2D eigenvalue weighted by Crippen LogP contribution is -2.50. The van der Waals surface area contributed by atoms with Gasteiger partial charge in [0.2, 0.25) is 10.0 Å². The summed E-state index contributed by atoms with van der Waals surface area (Å²) in [7, 11) is -3.51. The highest BCUT2D eigenvalue weighted by atomic mass is 32.2. The monoisotopic (exact) mass is 305 g/mol. The van der Waals surface area contributed by atoms with Crippen molar-refractivity contribution in [3.63, 3.8) is 0 Å². The van der Waals surface area contributed by atoms with E-state index in [1.807, 2.05) is 13.8 Å². The first-order valence-electron chi connectivity index (χ1n) is 6.20. The Morgan fingerprint density at radius 2 is 2.21 bits per heavy atom. The largest absolute Gasteiger partial charge is 0.391 e. The number of morpholine rings is 1. The highest BCUT2D eigenvalue weighted by Gasteiger charge is 2.35. The van der Waals surface area contributed by atoms with Crippen LogP contribution in [0.5, 0.6) is 0 Å². The highest BCUT2D eigenvalue weighted by Crippen LogP contribution is 2.30. The number of hydrogen-bond acceptors (Lipinski definition) is 5. The van der Waals surface area contributed by atoms with Crippen LogP contribution in [0.4, 0.5) is 0 Å². The van der Waals surface area contributed by atoms with Crippen molar-refractivity contribution >= 4 is 21.4 Å². The van der Waals surface area contributed by atoms with E-state index < -0.39 is 10.0 Å². The predicted molar refractivity (Wildman–Crippen MR) is 73.7 cm³/mol. The van der Waals surface area contributed by atoms with Gasteiger partial charge < -0.3 is 9.84 Å². The molecule has 2 heterocycles. The lowest BCUT2D eigenvalue weighted by molar-refractivity contribution is -0.0170.